The zero-order valence-electron chi connectivity index (χ0n) is 18.5. The number of aromatic nitrogens is 2. The summed E-state index contributed by atoms with van der Waals surface area (Å²) >= 11 is 6.01. The highest BCUT2D eigenvalue weighted by Crippen LogP contribution is 2.26. The molecule has 0 aliphatic rings. The van der Waals surface area contributed by atoms with E-state index in [4.69, 9.17) is 11.6 Å². The molecule has 0 saturated carbocycles. The van der Waals surface area contributed by atoms with Gasteiger partial charge in [-0.25, -0.2) is 9.48 Å². The maximum absolute atomic E-state index is 12.7. The summed E-state index contributed by atoms with van der Waals surface area (Å²) in [5.41, 5.74) is 1.44. The number of likely N-dealkylation sites (N-methyl/N-ethyl adjacent to an activating group) is 1. The fourth-order valence-corrected chi connectivity index (χ4v) is 2.91. The first-order valence-electron chi connectivity index (χ1n) is 10.3. The van der Waals surface area contributed by atoms with Crippen molar-refractivity contribution in [3.63, 3.8) is 0 Å². The summed E-state index contributed by atoms with van der Waals surface area (Å²) < 4.78 is 1.69. The lowest BCUT2D eigenvalue weighted by molar-refractivity contribution is -0.116. The quantitative estimate of drug-likeness (QED) is 0.597. The predicted octanol–water partition coefficient (Wildman–Crippen LogP) is 4.59. The first kappa shape index (κ1) is 23.7. The lowest BCUT2D eigenvalue weighted by Gasteiger charge is -2.21. The first-order valence-corrected chi connectivity index (χ1v) is 10.7. The van der Waals surface area contributed by atoms with Crippen molar-refractivity contribution in [3.8, 4) is 5.69 Å². The van der Waals surface area contributed by atoms with Crippen LogP contribution >= 0.6 is 11.6 Å². The number of amides is 3. The molecule has 1 aromatic heterocycles. The van der Waals surface area contributed by atoms with Gasteiger partial charge < -0.3 is 15.5 Å². The molecule has 8 heteroatoms. The van der Waals surface area contributed by atoms with Crippen LogP contribution in [0.5, 0.6) is 0 Å². The van der Waals surface area contributed by atoms with Gasteiger partial charge in [-0.2, -0.15) is 5.10 Å². The Morgan fingerprint density at radius 3 is 2.40 bits per heavy atom. The van der Waals surface area contributed by atoms with Gasteiger partial charge in [0.2, 0.25) is 5.91 Å². The Morgan fingerprint density at radius 2 is 1.83 bits per heavy atom. The van der Waals surface area contributed by atoms with E-state index in [2.05, 4.69) is 43.4 Å². The summed E-state index contributed by atoms with van der Waals surface area (Å²) in [7, 11) is 0. The monoisotopic (exact) mass is 433 g/mol. The zero-order chi connectivity index (χ0) is 22.3. The topological polar surface area (TPSA) is 79.3 Å². The molecular weight excluding hydrogens is 402 g/mol. The summed E-state index contributed by atoms with van der Waals surface area (Å²) in [6.45, 7) is 11.1. The van der Waals surface area contributed by atoms with Crippen LogP contribution in [-0.2, 0) is 10.2 Å². The minimum atomic E-state index is -0.280. The molecule has 0 unspecified atom stereocenters. The van der Waals surface area contributed by atoms with Crippen LogP contribution in [0, 0.1) is 0 Å². The summed E-state index contributed by atoms with van der Waals surface area (Å²) in [5.74, 6) is 0.271. The Labute approximate surface area is 183 Å². The van der Waals surface area contributed by atoms with Crippen molar-refractivity contribution in [2.45, 2.75) is 52.9 Å². The highest BCUT2D eigenvalue weighted by molar-refractivity contribution is 6.30. The number of carbonyl (C=O) groups is 2. The van der Waals surface area contributed by atoms with E-state index in [-0.39, 0.29) is 23.9 Å². The van der Waals surface area contributed by atoms with Gasteiger partial charge in [0.05, 0.1) is 11.4 Å². The van der Waals surface area contributed by atoms with Crippen molar-refractivity contribution in [2.24, 2.45) is 0 Å². The standard InChI is InChI=1S/C22H32ClN5O2/c1-6-8-13-24-21(30)27(7-2)15-20(29)25-19-14-18(22(3,4)5)26-28(19)17-11-9-16(23)10-12-17/h9-12,14H,6-8,13,15H2,1-5H3,(H,24,30)(H,25,29). The Hall–Kier alpha value is -2.54. The van der Waals surface area contributed by atoms with E-state index in [1.54, 1.807) is 16.8 Å². The van der Waals surface area contributed by atoms with Crippen LogP contribution < -0.4 is 10.6 Å². The van der Waals surface area contributed by atoms with Crippen LogP contribution in [0.3, 0.4) is 0 Å². The number of carbonyl (C=O) groups excluding carboxylic acids is 2. The van der Waals surface area contributed by atoms with Crippen molar-refractivity contribution in [3.05, 3.63) is 41.0 Å². The van der Waals surface area contributed by atoms with Crippen molar-refractivity contribution < 1.29 is 9.59 Å². The van der Waals surface area contributed by atoms with E-state index in [0.717, 1.165) is 24.2 Å². The maximum Gasteiger partial charge on any atom is 0.317 e. The fraction of sp³-hybridized carbons (Fsp3) is 0.500. The Bertz CT molecular complexity index is 855. The second kappa shape index (κ2) is 10.5. The number of nitrogens with zero attached hydrogens (tertiary/aromatic N) is 3. The van der Waals surface area contributed by atoms with Gasteiger partial charge in [0.1, 0.15) is 12.4 Å². The summed E-state index contributed by atoms with van der Waals surface area (Å²) in [4.78, 5) is 26.5. The van der Waals surface area contributed by atoms with Gasteiger partial charge in [0.15, 0.2) is 0 Å². The third-order valence-corrected chi connectivity index (χ3v) is 4.88. The molecule has 0 bridgehead atoms. The number of urea groups is 1. The van der Waals surface area contributed by atoms with E-state index < -0.39 is 0 Å². The molecule has 0 radical (unpaired) electrons. The van der Waals surface area contributed by atoms with Gasteiger partial charge in [0.25, 0.3) is 0 Å². The van der Waals surface area contributed by atoms with Gasteiger partial charge in [0, 0.05) is 29.6 Å². The number of benzene rings is 1. The molecule has 0 fully saturated rings. The predicted molar refractivity (Wildman–Crippen MR) is 121 cm³/mol. The van der Waals surface area contributed by atoms with Crippen LogP contribution in [0.15, 0.2) is 30.3 Å². The van der Waals surface area contributed by atoms with Crippen molar-refractivity contribution in [2.75, 3.05) is 25.0 Å². The first-order chi connectivity index (χ1) is 14.2. The van der Waals surface area contributed by atoms with Crippen molar-refractivity contribution in [1.29, 1.82) is 0 Å². The molecule has 2 aromatic rings. The average Bonchev–Trinajstić information content (AvgIpc) is 3.11. The number of rotatable bonds is 8. The van der Waals surface area contributed by atoms with E-state index in [9.17, 15) is 9.59 Å². The maximum atomic E-state index is 12.7. The molecule has 0 aliphatic carbocycles. The van der Waals surface area contributed by atoms with Crippen LogP contribution in [0.4, 0.5) is 10.6 Å². The minimum Gasteiger partial charge on any atom is -0.338 e. The second-order valence-corrected chi connectivity index (χ2v) is 8.64. The molecule has 0 spiro atoms. The number of unbranched alkanes of at least 4 members (excludes halogenated alkanes) is 1. The van der Waals surface area contributed by atoms with Crippen LogP contribution in [0.25, 0.3) is 5.69 Å². The Kier molecular flexibility index (Phi) is 8.29. The normalized spacial score (nSPS) is 11.3. The molecule has 2 rings (SSSR count). The Morgan fingerprint density at radius 1 is 1.17 bits per heavy atom. The third-order valence-electron chi connectivity index (χ3n) is 4.63. The van der Waals surface area contributed by atoms with Gasteiger partial charge >= 0.3 is 6.03 Å². The molecule has 0 atom stereocenters. The molecule has 30 heavy (non-hydrogen) atoms. The second-order valence-electron chi connectivity index (χ2n) is 8.20. The molecule has 0 aliphatic heterocycles. The van der Waals surface area contributed by atoms with Gasteiger partial charge in [-0.1, -0.05) is 45.7 Å². The largest absolute Gasteiger partial charge is 0.338 e. The third kappa shape index (κ3) is 6.49. The van der Waals surface area contributed by atoms with Gasteiger partial charge in [-0.05, 0) is 37.6 Å². The molecule has 164 valence electrons. The molecular formula is C22H32ClN5O2. The molecule has 7 nitrogen and oxygen atoms in total. The van der Waals surface area contributed by atoms with Crippen molar-refractivity contribution >= 4 is 29.4 Å². The number of hydrogen-bond acceptors (Lipinski definition) is 3. The van der Waals surface area contributed by atoms with Crippen LogP contribution in [0.2, 0.25) is 5.02 Å². The number of nitrogens with one attached hydrogen (secondary N) is 2. The number of hydrogen-bond donors (Lipinski definition) is 2. The van der Waals surface area contributed by atoms with E-state index in [1.165, 1.54) is 4.90 Å². The smallest absolute Gasteiger partial charge is 0.317 e. The van der Waals surface area contributed by atoms with Crippen molar-refractivity contribution in [1.82, 2.24) is 20.0 Å². The number of anilines is 1. The van der Waals surface area contributed by atoms with E-state index >= 15 is 0 Å². The van der Waals surface area contributed by atoms with Gasteiger partial charge in [-0.15, -0.1) is 0 Å². The Balaban J connectivity index is 2.19. The van der Waals surface area contributed by atoms with Crippen LogP contribution in [0.1, 0.15) is 53.2 Å². The highest BCUT2D eigenvalue weighted by Gasteiger charge is 2.22. The van der Waals surface area contributed by atoms with E-state index in [1.807, 2.05) is 25.1 Å². The van der Waals surface area contributed by atoms with E-state index in [0.29, 0.717) is 23.9 Å². The number of halogens is 1. The fourth-order valence-electron chi connectivity index (χ4n) is 2.78. The summed E-state index contributed by atoms with van der Waals surface area (Å²) in [6, 6.07) is 8.88. The molecule has 1 aromatic carbocycles. The SMILES string of the molecule is CCCCNC(=O)N(CC)CC(=O)Nc1cc(C(C)(C)C)nn1-c1ccc(Cl)cc1. The summed E-state index contributed by atoms with van der Waals surface area (Å²) in [5, 5.41) is 11.1. The van der Waals surface area contributed by atoms with Gasteiger partial charge in [-0.3, -0.25) is 4.79 Å². The highest BCUT2D eigenvalue weighted by atomic mass is 35.5. The zero-order valence-corrected chi connectivity index (χ0v) is 19.2. The molecule has 2 N–H and O–H groups in total. The molecule has 1 heterocycles. The molecule has 3 amide bonds. The lowest BCUT2D eigenvalue weighted by atomic mass is 9.92. The molecule has 0 saturated heterocycles. The van der Waals surface area contributed by atoms with Crippen LogP contribution in [-0.4, -0.2) is 46.3 Å². The minimum absolute atomic E-state index is 0.0366. The summed E-state index contributed by atoms with van der Waals surface area (Å²) in [6.07, 6.45) is 1.91. The average molecular weight is 434 g/mol. The lowest BCUT2D eigenvalue weighted by Crippen LogP contribution is -2.44.